The molecule has 6 nitrogen and oxygen atoms in total. The van der Waals surface area contributed by atoms with Gasteiger partial charge in [0.1, 0.15) is 11.6 Å². The Kier molecular flexibility index (Phi) is 4.50. The number of benzene rings is 1. The average molecular weight is 321 g/mol. The van der Waals surface area contributed by atoms with Gasteiger partial charge in [-0.3, -0.25) is 4.79 Å². The Labute approximate surface area is 136 Å². The zero-order chi connectivity index (χ0) is 17.4. The van der Waals surface area contributed by atoms with Gasteiger partial charge in [-0.25, -0.2) is 0 Å². The van der Waals surface area contributed by atoms with Crippen molar-refractivity contribution in [2.45, 2.75) is 58.7 Å². The highest BCUT2D eigenvalue weighted by atomic mass is 16.6. The number of carbonyl (C=O) groups is 2. The number of nitrogens with zero attached hydrogens (tertiary/aromatic N) is 1. The lowest BCUT2D eigenvalue weighted by Gasteiger charge is -2.37. The van der Waals surface area contributed by atoms with E-state index in [-0.39, 0.29) is 10.6 Å². The molecule has 1 aliphatic heterocycles. The maximum Gasteiger partial charge on any atom is 0.542 e. The number of aliphatic carboxylic acids is 1. The lowest BCUT2D eigenvalue weighted by molar-refractivity contribution is -0.140. The number of carboxylic acid groups (broad SMARTS) is 1. The van der Waals surface area contributed by atoms with Crippen LogP contribution in [0, 0.1) is 0 Å². The smallest absolute Gasteiger partial charge is 0.480 e. The van der Waals surface area contributed by atoms with Crippen LogP contribution in [0.3, 0.4) is 0 Å². The summed E-state index contributed by atoms with van der Waals surface area (Å²) in [4.78, 5) is 24.3. The summed E-state index contributed by atoms with van der Waals surface area (Å²) < 4.78 is 5.31. The first kappa shape index (κ1) is 17.4. The highest BCUT2D eigenvalue weighted by Crippen LogP contribution is 2.39. The van der Waals surface area contributed by atoms with Crippen LogP contribution in [0.4, 0.5) is 10.5 Å². The summed E-state index contributed by atoms with van der Waals surface area (Å²) in [6, 6.07) is 6.52. The number of para-hydroxylation sites is 1. The molecule has 0 saturated carbocycles. The Morgan fingerprint density at radius 3 is 2.52 bits per heavy atom. The minimum atomic E-state index is -1.01. The molecule has 23 heavy (non-hydrogen) atoms. The third kappa shape index (κ3) is 3.23. The summed E-state index contributed by atoms with van der Waals surface area (Å²) >= 11 is 0. The zero-order valence-corrected chi connectivity index (χ0v) is 14.3. The molecule has 0 radical (unpaired) electrons. The van der Waals surface area contributed by atoms with Crippen molar-refractivity contribution in [2.24, 2.45) is 0 Å². The van der Waals surface area contributed by atoms with Gasteiger partial charge in [0.2, 0.25) is 0 Å². The lowest BCUT2D eigenvalue weighted by Crippen LogP contribution is -2.70. The van der Waals surface area contributed by atoms with Gasteiger partial charge in [-0.15, -0.1) is 10.0 Å². The van der Waals surface area contributed by atoms with Gasteiger partial charge >= 0.3 is 12.1 Å². The van der Waals surface area contributed by atoms with E-state index >= 15 is 0 Å². The maximum atomic E-state index is 13.0. The van der Waals surface area contributed by atoms with Crippen LogP contribution in [0.5, 0.6) is 0 Å². The number of carboxylic acids is 1. The molecule has 3 atom stereocenters. The minimum absolute atomic E-state index is 0.163. The second kappa shape index (κ2) is 5.94. The second-order valence-corrected chi connectivity index (χ2v) is 7.07. The fraction of sp³-hybridized carbons (Fsp3) is 0.529. The number of rotatable bonds is 3. The van der Waals surface area contributed by atoms with E-state index in [1.807, 2.05) is 31.2 Å². The molecule has 1 aromatic rings. The van der Waals surface area contributed by atoms with Crippen LogP contribution in [0.1, 0.15) is 40.2 Å². The molecule has 1 aliphatic rings. The van der Waals surface area contributed by atoms with Crippen LogP contribution in [-0.4, -0.2) is 34.9 Å². The fourth-order valence-corrected chi connectivity index (χ4v) is 2.94. The van der Waals surface area contributed by atoms with Crippen LogP contribution < -0.4 is 10.0 Å². The largest absolute Gasteiger partial charge is 0.542 e. The SMILES string of the molecule is CC(N[N+]1(C(=O)OC(C)(C)C)c2ccccc2C[C@H]1C)C(=O)O. The topological polar surface area (TPSA) is 75.6 Å². The quantitative estimate of drug-likeness (QED) is 0.837. The number of nitrogens with one attached hydrogen (secondary N) is 1. The van der Waals surface area contributed by atoms with Gasteiger partial charge < -0.3 is 9.84 Å². The summed E-state index contributed by atoms with van der Waals surface area (Å²) in [6.45, 7) is 8.85. The van der Waals surface area contributed by atoms with Crippen LogP contribution in [-0.2, 0) is 16.0 Å². The van der Waals surface area contributed by atoms with Crippen LogP contribution in [0.15, 0.2) is 24.3 Å². The highest BCUT2D eigenvalue weighted by molar-refractivity contribution is 5.86. The summed E-state index contributed by atoms with van der Waals surface area (Å²) in [7, 11) is 0. The molecular formula is C17H25N2O4+. The Bertz CT molecular complexity index is 623. The first-order chi connectivity index (χ1) is 10.6. The van der Waals surface area contributed by atoms with E-state index in [9.17, 15) is 14.7 Å². The van der Waals surface area contributed by atoms with Gasteiger partial charge in [-0.05, 0) is 34.6 Å². The van der Waals surface area contributed by atoms with Crippen LogP contribution in [0.2, 0.25) is 0 Å². The van der Waals surface area contributed by atoms with E-state index < -0.39 is 23.7 Å². The summed E-state index contributed by atoms with van der Waals surface area (Å²) in [6.07, 6.45) is 0.192. The first-order valence-electron chi connectivity index (χ1n) is 7.79. The summed E-state index contributed by atoms with van der Waals surface area (Å²) in [5, 5.41) is 9.28. The van der Waals surface area contributed by atoms with E-state index in [2.05, 4.69) is 5.43 Å². The molecule has 0 spiro atoms. The first-order valence-corrected chi connectivity index (χ1v) is 7.79. The number of hydrogen-bond donors (Lipinski definition) is 2. The van der Waals surface area contributed by atoms with E-state index in [4.69, 9.17) is 4.74 Å². The van der Waals surface area contributed by atoms with Gasteiger partial charge in [0.05, 0.1) is 0 Å². The van der Waals surface area contributed by atoms with Crippen LogP contribution in [0.25, 0.3) is 0 Å². The molecule has 0 fully saturated rings. The van der Waals surface area contributed by atoms with Crippen molar-refractivity contribution >= 4 is 17.7 Å². The van der Waals surface area contributed by atoms with Gasteiger partial charge in [-0.1, -0.05) is 18.2 Å². The standard InChI is InChI=1S/C17H24N2O4/c1-11-10-13-8-6-7-9-14(13)19(11,18-12(2)15(20)21)16(22)23-17(3,4)5/h6-9,11-12,18H,10H2,1-5H3/p+1/t11-,12?,19?/m1/s1. The molecule has 126 valence electrons. The molecule has 1 heterocycles. The number of carbonyl (C=O) groups excluding carboxylic acids is 1. The van der Waals surface area contributed by atoms with E-state index in [1.54, 1.807) is 20.8 Å². The molecule has 0 aliphatic carbocycles. The van der Waals surface area contributed by atoms with Crippen molar-refractivity contribution in [1.29, 1.82) is 0 Å². The van der Waals surface area contributed by atoms with Crippen molar-refractivity contribution in [3.05, 3.63) is 29.8 Å². The van der Waals surface area contributed by atoms with Gasteiger partial charge in [0.15, 0.2) is 11.7 Å². The Morgan fingerprint density at radius 2 is 1.96 bits per heavy atom. The molecule has 0 aromatic heterocycles. The number of fused-ring (bicyclic) bond motifs is 1. The number of amides is 1. The third-order valence-corrected chi connectivity index (χ3v) is 4.00. The molecule has 1 aromatic carbocycles. The number of quaternary nitrogens is 1. The molecule has 2 N–H and O–H groups in total. The third-order valence-electron chi connectivity index (χ3n) is 4.00. The average Bonchev–Trinajstić information content (AvgIpc) is 2.70. The van der Waals surface area contributed by atoms with Crippen molar-refractivity contribution < 1.29 is 19.4 Å². The molecule has 6 heteroatoms. The second-order valence-electron chi connectivity index (χ2n) is 7.07. The highest BCUT2D eigenvalue weighted by Gasteiger charge is 2.55. The van der Waals surface area contributed by atoms with Gasteiger partial charge in [0, 0.05) is 18.1 Å². The fourth-order valence-electron chi connectivity index (χ4n) is 2.94. The number of ether oxygens (including phenoxy) is 1. The maximum absolute atomic E-state index is 13.0. The Hall–Kier alpha value is -1.92. The predicted molar refractivity (Wildman–Crippen MR) is 87.9 cm³/mol. The summed E-state index contributed by atoms with van der Waals surface area (Å²) in [5.41, 5.74) is 4.10. The zero-order valence-electron chi connectivity index (χ0n) is 14.3. The monoisotopic (exact) mass is 321 g/mol. The van der Waals surface area contributed by atoms with Crippen molar-refractivity contribution in [1.82, 2.24) is 10.0 Å². The van der Waals surface area contributed by atoms with Crippen LogP contribution >= 0.6 is 0 Å². The van der Waals surface area contributed by atoms with Gasteiger partial charge in [0.25, 0.3) is 0 Å². The number of hydrogen-bond acceptors (Lipinski definition) is 4. The minimum Gasteiger partial charge on any atom is -0.480 e. The van der Waals surface area contributed by atoms with Crippen molar-refractivity contribution in [3.63, 3.8) is 0 Å². The predicted octanol–water partition coefficient (Wildman–Crippen LogP) is 2.85. The molecule has 0 saturated heterocycles. The normalized spacial score (nSPS) is 24.8. The molecule has 1 amide bonds. The van der Waals surface area contributed by atoms with E-state index in [0.717, 1.165) is 11.3 Å². The molecule has 2 unspecified atom stereocenters. The molecule has 0 bridgehead atoms. The van der Waals surface area contributed by atoms with Crippen molar-refractivity contribution in [3.8, 4) is 0 Å². The van der Waals surface area contributed by atoms with E-state index in [0.29, 0.717) is 6.42 Å². The van der Waals surface area contributed by atoms with Crippen molar-refractivity contribution in [2.75, 3.05) is 0 Å². The molecule has 2 rings (SSSR count). The molecular weight excluding hydrogens is 296 g/mol. The lowest BCUT2D eigenvalue weighted by atomic mass is 10.1. The Morgan fingerprint density at radius 1 is 1.35 bits per heavy atom. The summed E-state index contributed by atoms with van der Waals surface area (Å²) in [5.74, 6) is -1.01. The van der Waals surface area contributed by atoms with Gasteiger partial charge in [-0.2, -0.15) is 4.79 Å². The van der Waals surface area contributed by atoms with E-state index in [1.165, 1.54) is 6.92 Å². The Balaban J connectivity index is 2.52.